The Balaban J connectivity index is 1.51. The van der Waals surface area contributed by atoms with Crippen LogP contribution in [0, 0.1) is 6.92 Å². The number of carbonyl (C=O) groups is 2. The second-order valence-corrected chi connectivity index (χ2v) is 8.51. The van der Waals surface area contributed by atoms with Crippen LogP contribution >= 0.6 is 0 Å². The molecule has 0 fully saturated rings. The fraction of sp³-hybridized carbons (Fsp3) is 0.143. The number of amides is 1. The summed E-state index contributed by atoms with van der Waals surface area (Å²) in [6, 6.07) is 16.2. The summed E-state index contributed by atoms with van der Waals surface area (Å²) >= 11 is 0. The van der Waals surface area contributed by atoms with E-state index in [0.29, 0.717) is 16.9 Å². The van der Waals surface area contributed by atoms with Gasteiger partial charge in [-0.2, -0.15) is 0 Å². The van der Waals surface area contributed by atoms with Crippen molar-refractivity contribution >= 4 is 33.6 Å². The molecule has 2 N–H and O–H groups in total. The molecule has 2 aromatic carbocycles. The van der Waals surface area contributed by atoms with Crippen molar-refractivity contribution in [1.82, 2.24) is 9.88 Å². The second-order valence-electron chi connectivity index (χ2n) is 6.86. The Labute approximate surface area is 183 Å². The molecule has 1 unspecified atom stereocenters. The maximum absolute atomic E-state index is 12.8. The van der Waals surface area contributed by atoms with Crippen molar-refractivity contribution in [2.45, 2.75) is 17.9 Å². The predicted molar refractivity (Wildman–Crippen MR) is 113 cm³/mol. The molecule has 1 aliphatic heterocycles. The molecule has 32 heavy (non-hydrogen) atoms. The summed E-state index contributed by atoms with van der Waals surface area (Å²) in [7, 11) is -3.73. The van der Waals surface area contributed by atoms with Gasteiger partial charge in [0.1, 0.15) is 18.1 Å². The van der Waals surface area contributed by atoms with Gasteiger partial charge in [-0.15, -0.1) is 0 Å². The van der Waals surface area contributed by atoms with Crippen LogP contribution < -0.4 is 10.0 Å². The number of aliphatic imine (C=N–C) groups is 1. The highest BCUT2D eigenvalue weighted by Gasteiger charge is 2.31. The van der Waals surface area contributed by atoms with Gasteiger partial charge in [0.05, 0.1) is 4.90 Å². The Hall–Kier alpha value is -3.99. The number of esters is 1. The van der Waals surface area contributed by atoms with Crippen LogP contribution in [0.15, 0.2) is 75.1 Å². The molecule has 1 amide bonds. The minimum Gasteiger partial charge on any atom is -0.446 e. The molecule has 0 bridgehead atoms. The van der Waals surface area contributed by atoms with Crippen LogP contribution in [0.25, 0.3) is 0 Å². The monoisotopic (exact) mass is 454 g/mol. The van der Waals surface area contributed by atoms with Crippen molar-refractivity contribution in [3.05, 3.63) is 77.6 Å². The lowest BCUT2D eigenvalue weighted by molar-refractivity contribution is -0.153. The van der Waals surface area contributed by atoms with Crippen molar-refractivity contribution < 1.29 is 27.3 Å². The molecule has 1 aromatic heterocycles. The maximum atomic E-state index is 12.8. The number of rotatable bonds is 6. The Morgan fingerprint density at radius 3 is 2.59 bits per heavy atom. The van der Waals surface area contributed by atoms with Gasteiger partial charge in [-0.25, -0.2) is 8.42 Å². The van der Waals surface area contributed by atoms with E-state index in [9.17, 15) is 18.0 Å². The van der Waals surface area contributed by atoms with E-state index >= 15 is 0 Å². The normalized spacial score (nSPS) is 16.1. The standard InChI is InChI=1S/C21H18N4O6S/c1-13-11-17(24-31-13)23-21(27)19(14-7-3-2-4-8-14)30-18(26)12-22-20-15-9-5-6-10-16(15)32(28,29)25-20/h2-11,19H,12H2,1H3,(H,22,25)(H,23,24,27). The number of anilines is 1. The van der Waals surface area contributed by atoms with E-state index in [0.717, 1.165) is 0 Å². The molecule has 0 spiro atoms. The third kappa shape index (κ3) is 4.52. The molecule has 0 radical (unpaired) electrons. The van der Waals surface area contributed by atoms with Gasteiger partial charge in [0.15, 0.2) is 5.82 Å². The first-order chi connectivity index (χ1) is 15.3. The molecule has 0 aliphatic carbocycles. The van der Waals surface area contributed by atoms with E-state index in [1.807, 2.05) is 0 Å². The van der Waals surface area contributed by atoms with Crippen molar-refractivity contribution in [3.8, 4) is 0 Å². The SMILES string of the molecule is Cc1cc(NC(=O)C(OC(=O)CN=C2NS(=O)(=O)c3ccccc32)c2ccccc2)no1. The van der Waals surface area contributed by atoms with Crippen molar-refractivity contribution in [1.29, 1.82) is 0 Å². The van der Waals surface area contributed by atoms with Crippen LogP contribution in [0.3, 0.4) is 0 Å². The summed E-state index contributed by atoms with van der Waals surface area (Å²) in [6.45, 7) is 1.18. The summed E-state index contributed by atoms with van der Waals surface area (Å²) in [5, 5.41) is 6.24. The van der Waals surface area contributed by atoms with Crippen LogP contribution in [0.1, 0.15) is 23.0 Å². The molecule has 164 valence electrons. The van der Waals surface area contributed by atoms with Gasteiger partial charge >= 0.3 is 5.97 Å². The molecule has 0 saturated carbocycles. The summed E-state index contributed by atoms with van der Waals surface area (Å²) in [6.07, 6.45) is -1.27. The molecule has 0 saturated heterocycles. The molecule has 10 nitrogen and oxygen atoms in total. The fourth-order valence-electron chi connectivity index (χ4n) is 3.08. The van der Waals surface area contributed by atoms with Gasteiger partial charge in [0.25, 0.3) is 15.9 Å². The van der Waals surface area contributed by atoms with Crippen LogP contribution in [-0.4, -0.2) is 37.8 Å². The van der Waals surface area contributed by atoms with E-state index in [1.165, 1.54) is 12.1 Å². The molecule has 3 aromatic rings. The number of sulfonamides is 1. The van der Waals surface area contributed by atoms with Crippen LogP contribution in [0.2, 0.25) is 0 Å². The Bertz CT molecular complexity index is 1300. The van der Waals surface area contributed by atoms with E-state index in [4.69, 9.17) is 9.26 Å². The quantitative estimate of drug-likeness (QED) is 0.543. The number of amidine groups is 1. The lowest BCUT2D eigenvalue weighted by Crippen LogP contribution is -2.27. The highest BCUT2D eigenvalue weighted by atomic mass is 32.2. The molecule has 1 atom stereocenters. The Morgan fingerprint density at radius 1 is 1.16 bits per heavy atom. The largest absolute Gasteiger partial charge is 0.446 e. The van der Waals surface area contributed by atoms with Gasteiger partial charge in [-0.05, 0) is 19.1 Å². The number of nitrogens with one attached hydrogen (secondary N) is 2. The van der Waals surface area contributed by atoms with E-state index in [1.54, 1.807) is 55.5 Å². The first-order valence-corrected chi connectivity index (χ1v) is 11.0. The van der Waals surface area contributed by atoms with Gasteiger partial charge in [0.2, 0.25) is 6.10 Å². The summed E-state index contributed by atoms with van der Waals surface area (Å²) in [5.74, 6) is -0.722. The molecule has 11 heteroatoms. The number of hydrogen-bond acceptors (Lipinski definition) is 8. The lowest BCUT2D eigenvalue weighted by atomic mass is 10.1. The number of ether oxygens (including phenoxy) is 1. The van der Waals surface area contributed by atoms with E-state index in [2.05, 4.69) is 20.2 Å². The molecule has 2 heterocycles. The first kappa shape index (κ1) is 21.2. The van der Waals surface area contributed by atoms with Crippen molar-refractivity contribution in [3.63, 3.8) is 0 Å². The maximum Gasteiger partial charge on any atom is 0.328 e. The van der Waals surface area contributed by atoms with Crippen molar-refractivity contribution in [2.24, 2.45) is 4.99 Å². The number of aromatic nitrogens is 1. The average Bonchev–Trinajstić information content (AvgIpc) is 3.31. The van der Waals surface area contributed by atoms with Crippen LogP contribution in [0.4, 0.5) is 5.82 Å². The third-order valence-corrected chi connectivity index (χ3v) is 5.90. The average molecular weight is 454 g/mol. The van der Waals surface area contributed by atoms with E-state index in [-0.39, 0.29) is 16.5 Å². The number of benzene rings is 2. The highest BCUT2D eigenvalue weighted by molar-refractivity contribution is 7.90. The van der Waals surface area contributed by atoms with Gasteiger partial charge < -0.3 is 14.6 Å². The zero-order valence-corrected chi connectivity index (χ0v) is 17.6. The third-order valence-electron chi connectivity index (χ3n) is 4.50. The number of hydrogen-bond donors (Lipinski definition) is 2. The van der Waals surface area contributed by atoms with Gasteiger partial charge in [-0.3, -0.25) is 19.3 Å². The van der Waals surface area contributed by atoms with Gasteiger partial charge in [0, 0.05) is 17.2 Å². The summed E-state index contributed by atoms with van der Waals surface area (Å²) in [4.78, 5) is 29.4. The highest BCUT2D eigenvalue weighted by Crippen LogP contribution is 2.23. The zero-order valence-electron chi connectivity index (χ0n) is 16.8. The second kappa shape index (κ2) is 8.63. The number of carbonyl (C=O) groups excluding carboxylic acids is 2. The van der Waals surface area contributed by atoms with Crippen LogP contribution in [-0.2, 0) is 24.3 Å². The number of nitrogens with zero attached hydrogens (tertiary/aromatic N) is 2. The number of aryl methyl sites for hydroxylation is 1. The summed E-state index contributed by atoms with van der Waals surface area (Å²) in [5.41, 5.74) is 0.803. The Morgan fingerprint density at radius 2 is 1.88 bits per heavy atom. The number of fused-ring (bicyclic) bond motifs is 1. The minimum absolute atomic E-state index is 0.0383. The molecule has 4 rings (SSSR count). The van der Waals surface area contributed by atoms with Crippen molar-refractivity contribution in [2.75, 3.05) is 11.9 Å². The minimum atomic E-state index is -3.73. The topological polar surface area (TPSA) is 140 Å². The smallest absolute Gasteiger partial charge is 0.328 e. The van der Waals surface area contributed by atoms with E-state index < -0.39 is 34.5 Å². The zero-order chi connectivity index (χ0) is 22.7. The lowest BCUT2D eigenvalue weighted by Gasteiger charge is -2.16. The molecular weight excluding hydrogens is 436 g/mol. The Kier molecular flexibility index (Phi) is 5.73. The first-order valence-electron chi connectivity index (χ1n) is 9.49. The predicted octanol–water partition coefficient (Wildman–Crippen LogP) is 1.94. The van der Waals surface area contributed by atoms with Gasteiger partial charge in [-0.1, -0.05) is 47.6 Å². The molecule has 1 aliphatic rings. The fourth-order valence-corrected chi connectivity index (χ4v) is 4.33. The van der Waals surface area contributed by atoms with Crippen LogP contribution in [0.5, 0.6) is 0 Å². The molecular formula is C21H18N4O6S. The summed E-state index contributed by atoms with van der Waals surface area (Å²) < 4.78 is 36.9.